The van der Waals surface area contributed by atoms with Crippen molar-refractivity contribution in [3.63, 3.8) is 0 Å². The molecule has 2 aromatic rings. The van der Waals surface area contributed by atoms with Crippen molar-refractivity contribution in [2.24, 2.45) is 0 Å². The maximum absolute atomic E-state index is 10.6. The number of aromatic carboxylic acids is 1. The molecule has 0 spiro atoms. The SMILES string of the molecule is COc1cccc(-c2cnc(C(=O)O)nc2)c1. The third-order valence-corrected chi connectivity index (χ3v) is 2.25. The molecule has 0 unspecified atom stereocenters. The zero-order valence-corrected chi connectivity index (χ0v) is 9.12. The molecule has 0 radical (unpaired) electrons. The van der Waals surface area contributed by atoms with E-state index in [2.05, 4.69) is 9.97 Å². The lowest BCUT2D eigenvalue weighted by atomic mass is 10.1. The van der Waals surface area contributed by atoms with E-state index in [1.54, 1.807) is 7.11 Å². The fraction of sp³-hybridized carbons (Fsp3) is 0.0833. The molecule has 0 aliphatic carbocycles. The Balaban J connectivity index is 2.36. The summed E-state index contributed by atoms with van der Waals surface area (Å²) < 4.78 is 5.10. The number of carboxylic acids is 1. The molecule has 0 aliphatic rings. The summed E-state index contributed by atoms with van der Waals surface area (Å²) in [4.78, 5) is 18.1. The number of ether oxygens (including phenoxy) is 1. The Morgan fingerprint density at radius 3 is 2.53 bits per heavy atom. The molecule has 86 valence electrons. The van der Waals surface area contributed by atoms with E-state index in [0.717, 1.165) is 16.9 Å². The van der Waals surface area contributed by atoms with Crippen LogP contribution >= 0.6 is 0 Å². The number of hydrogen-bond donors (Lipinski definition) is 1. The quantitative estimate of drug-likeness (QED) is 0.871. The van der Waals surface area contributed by atoms with Gasteiger partial charge in [-0.1, -0.05) is 12.1 Å². The van der Waals surface area contributed by atoms with E-state index in [4.69, 9.17) is 9.84 Å². The highest BCUT2D eigenvalue weighted by atomic mass is 16.5. The second-order valence-corrected chi connectivity index (χ2v) is 3.33. The first-order chi connectivity index (χ1) is 8.20. The van der Waals surface area contributed by atoms with E-state index in [9.17, 15) is 4.79 Å². The van der Waals surface area contributed by atoms with E-state index >= 15 is 0 Å². The fourth-order valence-corrected chi connectivity index (χ4v) is 1.39. The van der Waals surface area contributed by atoms with Crippen LogP contribution in [-0.2, 0) is 0 Å². The van der Waals surface area contributed by atoms with Crippen LogP contribution in [-0.4, -0.2) is 28.2 Å². The highest BCUT2D eigenvalue weighted by Crippen LogP contribution is 2.22. The molecule has 1 aromatic heterocycles. The standard InChI is InChI=1S/C12H10N2O3/c1-17-10-4-2-3-8(5-10)9-6-13-11(12(15)16)14-7-9/h2-7H,1H3,(H,15,16). The Morgan fingerprint density at radius 2 is 1.94 bits per heavy atom. The van der Waals surface area contributed by atoms with Gasteiger partial charge in [0.2, 0.25) is 5.82 Å². The summed E-state index contributed by atoms with van der Waals surface area (Å²) in [5, 5.41) is 8.68. The van der Waals surface area contributed by atoms with Crippen molar-refractivity contribution in [3.05, 3.63) is 42.5 Å². The number of benzene rings is 1. The Hall–Kier alpha value is -2.43. The van der Waals surface area contributed by atoms with Crippen molar-refractivity contribution < 1.29 is 14.6 Å². The average molecular weight is 230 g/mol. The van der Waals surface area contributed by atoms with E-state index in [0.29, 0.717) is 0 Å². The van der Waals surface area contributed by atoms with Gasteiger partial charge in [0.15, 0.2) is 0 Å². The molecule has 0 bridgehead atoms. The summed E-state index contributed by atoms with van der Waals surface area (Å²) in [6.45, 7) is 0. The number of hydrogen-bond acceptors (Lipinski definition) is 4. The Morgan fingerprint density at radius 1 is 1.24 bits per heavy atom. The van der Waals surface area contributed by atoms with E-state index in [1.165, 1.54) is 12.4 Å². The van der Waals surface area contributed by atoms with Crippen molar-refractivity contribution in [1.29, 1.82) is 0 Å². The lowest BCUT2D eigenvalue weighted by Gasteiger charge is -2.04. The Bertz CT molecular complexity index is 538. The monoisotopic (exact) mass is 230 g/mol. The molecular weight excluding hydrogens is 220 g/mol. The molecule has 0 amide bonds. The van der Waals surface area contributed by atoms with Gasteiger partial charge in [0, 0.05) is 18.0 Å². The van der Waals surface area contributed by atoms with Gasteiger partial charge in [0.05, 0.1) is 7.11 Å². The van der Waals surface area contributed by atoms with Crippen LogP contribution < -0.4 is 4.74 Å². The van der Waals surface area contributed by atoms with Gasteiger partial charge in [0.1, 0.15) is 5.75 Å². The van der Waals surface area contributed by atoms with Crippen molar-refractivity contribution in [2.45, 2.75) is 0 Å². The van der Waals surface area contributed by atoms with Crippen molar-refractivity contribution in [1.82, 2.24) is 9.97 Å². The number of carbonyl (C=O) groups is 1. The van der Waals surface area contributed by atoms with Crippen molar-refractivity contribution in [3.8, 4) is 16.9 Å². The smallest absolute Gasteiger partial charge is 0.373 e. The third kappa shape index (κ3) is 2.39. The van der Waals surface area contributed by atoms with Gasteiger partial charge in [-0.05, 0) is 17.7 Å². The van der Waals surface area contributed by atoms with E-state index in [1.807, 2.05) is 24.3 Å². The Labute approximate surface area is 97.7 Å². The first-order valence-corrected chi connectivity index (χ1v) is 4.90. The second-order valence-electron chi connectivity index (χ2n) is 3.33. The zero-order valence-electron chi connectivity index (χ0n) is 9.12. The largest absolute Gasteiger partial charge is 0.497 e. The van der Waals surface area contributed by atoms with Gasteiger partial charge in [-0.3, -0.25) is 0 Å². The van der Waals surface area contributed by atoms with Crippen LogP contribution in [0.15, 0.2) is 36.7 Å². The lowest BCUT2D eigenvalue weighted by molar-refractivity contribution is 0.0683. The molecule has 0 aliphatic heterocycles. The number of methoxy groups -OCH3 is 1. The molecular formula is C12H10N2O3. The molecule has 0 fully saturated rings. The summed E-state index contributed by atoms with van der Waals surface area (Å²) in [5.74, 6) is -0.622. The van der Waals surface area contributed by atoms with Gasteiger partial charge in [0.25, 0.3) is 0 Å². The number of nitrogens with zero attached hydrogens (tertiary/aromatic N) is 2. The molecule has 2 rings (SSSR count). The van der Waals surface area contributed by atoms with Crippen LogP contribution in [0.25, 0.3) is 11.1 Å². The number of aromatic nitrogens is 2. The lowest BCUT2D eigenvalue weighted by Crippen LogP contribution is -2.03. The van der Waals surface area contributed by atoms with Crippen LogP contribution in [0.5, 0.6) is 5.75 Å². The number of rotatable bonds is 3. The third-order valence-electron chi connectivity index (χ3n) is 2.25. The normalized spacial score (nSPS) is 9.94. The minimum absolute atomic E-state index is 0.211. The summed E-state index contributed by atoms with van der Waals surface area (Å²) in [6.07, 6.45) is 2.95. The molecule has 5 nitrogen and oxygen atoms in total. The van der Waals surface area contributed by atoms with Gasteiger partial charge < -0.3 is 9.84 Å². The summed E-state index contributed by atoms with van der Waals surface area (Å²) >= 11 is 0. The highest BCUT2D eigenvalue weighted by molar-refractivity contribution is 5.83. The number of carboxylic acid groups (broad SMARTS) is 1. The molecule has 1 aromatic carbocycles. The maximum atomic E-state index is 10.6. The van der Waals surface area contributed by atoms with Crippen LogP contribution in [0.4, 0.5) is 0 Å². The van der Waals surface area contributed by atoms with Crippen LogP contribution in [0.1, 0.15) is 10.6 Å². The van der Waals surface area contributed by atoms with Crippen LogP contribution in [0.3, 0.4) is 0 Å². The van der Waals surface area contributed by atoms with Crippen LogP contribution in [0.2, 0.25) is 0 Å². The van der Waals surface area contributed by atoms with Gasteiger partial charge in [-0.15, -0.1) is 0 Å². The molecule has 1 heterocycles. The molecule has 0 saturated heterocycles. The molecule has 1 N–H and O–H groups in total. The molecule has 5 heteroatoms. The first-order valence-electron chi connectivity index (χ1n) is 4.90. The summed E-state index contributed by atoms with van der Waals surface area (Å²) in [5.41, 5.74) is 1.62. The van der Waals surface area contributed by atoms with Crippen LogP contribution in [0, 0.1) is 0 Å². The van der Waals surface area contributed by atoms with Gasteiger partial charge in [-0.25, -0.2) is 14.8 Å². The predicted molar refractivity (Wildman–Crippen MR) is 61.0 cm³/mol. The summed E-state index contributed by atoms with van der Waals surface area (Å²) in [6, 6.07) is 7.38. The predicted octanol–water partition coefficient (Wildman–Crippen LogP) is 1.85. The molecule has 17 heavy (non-hydrogen) atoms. The van der Waals surface area contributed by atoms with E-state index < -0.39 is 5.97 Å². The first kappa shape index (κ1) is 11.1. The van der Waals surface area contributed by atoms with Gasteiger partial charge in [-0.2, -0.15) is 0 Å². The fourth-order valence-electron chi connectivity index (χ4n) is 1.39. The second kappa shape index (κ2) is 4.61. The zero-order chi connectivity index (χ0) is 12.3. The Kier molecular flexibility index (Phi) is 3.00. The minimum atomic E-state index is -1.14. The minimum Gasteiger partial charge on any atom is -0.497 e. The topological polar surface area (TPSA) is 72.3 Å². The van der Waals surface area contributed by atoms with Gasteiger partial charge >= 0.3 is 5.97 Å². The maximum Gasteiger partial charge on any atom is 0.373 e. The average Bonchev–Trinajstić information content (AvgIpc) is 2.39. The summed E-state index contributed by atoms with van der Waals surface area (Å²) in [7, 11) is 1.59. The van der Waals surface area contributed by atoms with Crippen molar-refractivity contribution in [2.75, 3.05) is 7.11 Å². The van der Waals surface area contributed by atoms with E-state index in [-0.39, 0.29) is 5.82 Å². The molecule has 0 saturated carbocycles. The highest BCUT2D eigenvalue weighted by Gasteiger charge is 2.06. The van der Waals surface area contributed by atoms with Crippen molar-refractivity contribution >= 4 is 5.97 Å². The molecule has 0 atom stereocenters.